The Morgan fingerprint density at radius 2 is 2.18 bits per heavy atom. The molecule has 0 spiro atoms. The van der Waals surface area contributed by atoms with Gasteiger partial charge in [-0.3, -0.25) is 0 Å². The molecule has 17 heavy (non-hydrogen) atoms. The maximum atomic E-state index is 3.50. The number of rotatable bonds is 6. The highest BCUT2D eigenvalue weighted by atomic mass is 32.1. The Morgan fingerprint density at radius 3 is 2.76 bits per heavy atom. The van der Waals surface area contributed by atoms with Crippen LogP contribution < -0.4 is 5.32 Å². The van der Waals surface area contributed by atoms with Crippen LogP contribution in [0.1, 0.15) is 46.1 Å². The molecule has 1 nitrogen and oxygen atoms in total. The van der Waals surface area contributed by atoms with E-state index in [2.05, 4.69) is 55.9 Å². The van der Waals surface area contributed by atoms with Crippen molar-refractivity contribution in [2.24, 2.45) is 0 Å². The van der Waals surface area contributed by atoms with Crippen LogP contribution in [-0.2, 0) is 6.42 Å². The smallest absolute Gasteiger partial charge is 0.00966 e. The van der Waals surface area contributed by atoms with Gasteiger partial charge in [0.1, 0.15) is 0 Å². The van der Waals surface area contributed by atoms with E-state index in [4.69, 9.17) is 0 Å². The van der Waals surface area contributed by atoms with E-state index in [1.165, 1.54) is 24.0 Å². The van der Waals surface area contributed by atoms with Crippen LogP contribution in [0.3, 0.4) is 0 Å². The topological polar surface area (TPSA) is 12.0 Å². The van der Waals surface area contributed by atoms with Crippen LogP contribution in [0.25, 0.3) is 0 Å². The molecule has 1 N–H and O–H groups in total. The summed E-state index contributed by atoms with van der Waals surface area (Å²) in [6.45, 7) is 9.93. The molecule has 0 unspecified atom stereocenters. The van der Waals surface area contributed by atoms with Crippen LogP contribution in [-0.4, -0.2) is 12.1 Å². The van der Waals surface area contributed by atoms with E-state index in [-0.39, 0.29) is 5.54 Å². The molecule has 1 aromatic rings. The van der Waals surface area contributed by atoms with Gasteiger partial charge in [0.25, 0.3) is 0 Å². The normalized spacial score (nSPS) is 13.1. The first-order chi connectivity index (χ1) is 7.97. The van der Waals surface area contributed by atoms with E-state index >= 15 is 0 Å². The Hall–Kier alpha value is -0.600. The number of thiophene rings is 1. The molecule has 0 saturated heterocycles. The minimum absolute atomic E-state index is 0.235. The summed E-state index contributed by atoms with van der Waals surface area (Å²) in [4.78, 5) is 0. The summed E-state index contributed by atoms with van der Waals surface area (Å²) in [7, 11) is 0. The zero-order valence-corrected chi connectivity index (χ0v) is 12.4. The number of hydrogen-bond donors (Lipinski definition) is 1. The van der Waals surface area contributed by atoms with Gasteiger partial charge in [0, 0.05) is 5.54 Å². The van der Waals surface area contributed by atoms with Gasteiger partial charge < -0.3 is 5.32 Å². The Balaban J connectivity index is 2.17. The van der Waals surface area contributed by atoms with E-state index in [1.807, 2.05) is 0 Å². The lowest BCUT2D eigenvalue weighted by atomic mass is 10.1. The fourth-order valence-corrected chi connectivity index (χ4v) is 2.35. The quantitative estimate of drug-likeness (QED) is 0.583. The summed E-state index contributed by atoms with van der Waals surface area (Å²) in [5.41, 5.74) is 3.21. The minimum atomic E-state index is 0.235. The molecule has 1 rings (SSSR count). The molecule has 0 aliphatic rings. The lowest BCUT2D eigenvalue weighted by Crippen LogP contribution is -2.36. The Kier molecular flexibility index (Phi) is 5.93. The zero-order valence-electron chi connectivity index (χ0n) is 11.5. The molecule has 0 bridgehead atoms. The lowest BCUT2D eigenvalue weighted by molar-refractivity contribution is 0.431. The van der Waals surface area contributed by atoms with E-state index in [0.717, 1.165) is 13.0 Å². The summed E-state index contributed by atoms with van der Waals surface area (Å²) in [6, 6.07) is 2.22. The second kappa shape index (κ2) is 6.97. The standard InChI is InChI=1S/C15H25NS/c1-13(6-5-10-16-15(2,3)4)7-8-14-9-11-17-12-14/h6,9,11-12,16H,5,7-8,10H2,1-4H3. The fraction of sp³-hybridized carbons (Fsp3) is 0.600. The third-order valence-corrected chi connectivity index (χ3v) is 3.41. The molecular weight excluding hydrogens is 226 g/mol. The summed E-state index contributed by atoms with van der Waals surface area (Å²) in [5, 5.41) is 7.90. The molecule has 0 aromatic carbocycles. The predicted octanol–water partition coefficient (Wildman–Crippen LogP) is 4.41. The van der Waals surface area contributed by atoms with Crippen LogP contribution in [0.5, 0.6) is 0 Å². The van der Waals surface area contributed by atoms with Gasteiger partial charge in [0.2, 0.25) is 0 Å². The summed E-state index contributed by atoms with van der Waals surface area (Å²) >= 11 is 1.79. The first-order valence-corrected chi connectivity index (χ1v) is 7.33. The molecule has 1 heterocycles. The van der Waals surface area contributed by atoms with Gasteiger partial charge in [-0.15, -0.1) is 0 Å². The van der Waals surface area contributed by atoms with Crippen molar-refractivity contribution < 1.29 is 0 Å². The average molecular weight is 251 g/mol. The molecular formula is C15H25NS. The van der Waals surface area contributed by atoms with Gasteiger partial charge >= 0.3 is 0 Å². The molecule has 0 radical (unpaired) electrons. The number of hydrogen-bond acceptors (Lipinski definition) is 2. The highest BCUT2D eigenvalue weighted by Crippen LogP contribution is 2.12. The molecule has 0 saturated carbocycles. The van der Waals surface area contributed by atoms with Crippen LogP contribution >= 0.6 is 11.3 Å². The van der Waals surface area contributed by atoms with Crippen molar-refractivity contribution in [3.05, 3.63) is 34.0 Å². The maximum absolute atomic E-state index is 3.50. The van der Waals surface area contributed by atoms with Crippen LogP contribution in [0.15, 0.2) is 28.5 Å². The summed E-state index contributed by atoms with van der Waals surface area (Å²) < 4.78 is 0. The molecule has 2 heteroatoms. The highest BCUT2D eigenvalue weighted by molar-refractivity contribution is 7.07. The van der Waals surface area contributed by atoms with Gasteiger partial charge in [-0.2, -0.15) is 11.3 Å². The van der Waals surface area contributed by atoms with Crippen LogP contribution in [0.4, 0.5) is 0 Å². The number of allylic oxidation sites excluding steroid dienone is 1. The summed E-state index contributed by atoms with van der Waals surface area (Å²) in [5.74, 6) is 0. The molecule has 0 aliphatic heterocycles. The largest absolute Gasteiger partial charge is 0.312 e. The van der Waals surface area contributed by atoms with E-state index in [9.17, 15) is 0 Å². The van der Waals surface area contributed by atoms with Crippen LogP contribution in [0.2, 0.25) is 0 Å². The first kappa shape index (κ1) is 14.5. The van der Waals surface area contributed by atoms with Gasteiger partial charge in [0.05, 0.1) is 0 Å². The minimum Gasteiger partial charge on any atom is -0.312 e. The highest BCUT2D eigenvalue weighted by Gasteiger charge is 2.06. The van der Waals surface area contributed by atoms with Crippen molar-refractivity contribution >= 4 is 11.3 Å². The van der Waals surface area contributed by atoms with Gasteiger partial charge in [-0.1, -0.05) is 11.6 Å². The molecule has 96 valence electrons. The van der Waals surface area contributed by atoms with Crippen molar-refractivity contribution in [2.45, 2.75) is 52.5 Å². The van der Waals surface area contributed by atoms with Gasteiger partial charge in [0.15, 0.2) is 0 Å². The number of nitrogens with one attached hydrogen (secondary N) is 1. The first-order valence-electron chi connectivity index (χ1n) is 6.39. The van der Waals surface area contributed by atoms with E-state index in [1.54, 1.807) is 11.3 Å². The fourth-order valence-electron chi connectivity index (χ4n) is 1.64. The lowest BCUT2D eigenvalue weighted by Gasteiger charge is -2.19. The average Bonchev–Trinajstić information content (AvgIpc) is 2.73. The van der Waals surface area contributed by atoms with Crippen molar-refractivity contribution in [2.75, 3.05) is 6.54 Å². The molecule has 0 aliphatic carbocycles. The van der Waals surface area contributed by atoms with Gasteiger partial charge in [-0.05, 0) is 75.9 Å². The maximum Gasteiger partial charge on any atom is 0.00966 e. The second-order valence-corrected chi connectivity index (χ2v) is 6.43. The van der Waals surface area contributed by atoms with Crippen molar-refractivity contribution in [3.63, 3.8) is 0 Å². The number of aryl methyl sites for hydroxylation is 1. The van der Waals surface area contributed by atoms with Gasteiger partial charge in [-0.25, -0.2) is 0 Å². The monoisotopic (exact) mass is 251 g/mol. The van der Waals surface area contributed by atoms with Crippen molar-refractivity contribution in [1.82, 2.24) is 5.32 Å². The molecule has 0 fully saturated rings. The van der Waals surface area contributed by atoms with E-state index in [0.29, 0.717) is 0 Å². The molecule has 1 aromatic heterocycles. The third-order valence-electron chi connectivity index (χ3n) is 2.68. The third kappa shape index (κ3) is 7.35. The summed E-state index contributed by atoms with van der Waals surface area (Å²) in [6.07, 6.45) is 5.86. The van der Waals surface area contributed by atoms with E-state index < -0.39 is 0 Å². The zero-order chi connectivity index (χ0) is 12.7. The Labute approximate surface area is 110 Å². The predicted molar refractivity (Wildman–Crippen MR) is 78.8 cm³/mol. The molecule has 0 atom stereocenters. The van der Waals surface area contributed by atoms with Crippen molar-refractivity contribution in [1.29, 1.82) is 0 Å². The van der Waals surface area contributed by atoms with Crippen LogP contribution in [0, 0.1) is 0 Å². The van der Waals surface area contributed by atoms with Crippen molar-refractivity contribution in [3.8, 4) is 0 Å². The SMILES string of the molecule is CC(=CCCNC(C)(C)C)CCc1ccsc1. The Morgan fingerprint density at radius 1 is 1.41 bits per heavy atom. The second-order valence-electron chi connectivity index (χ2n) is 5.65. The Bertz CT molecular complexity index is 330. The molecule has 0 amide bonds.